The summed E-state index contributed by atoms with van der Waals surface area (Å²) in [6.07, 6.45) is 11.0. The molecule has 108 valence electrons. The lowest BCUT2D eigenvalue weighted by atomic mass is 10.1. The minimum atomic E-state index is 0.783. The molecule has 1 heteroatoms. The molecule has 0 aromatic heterocycles. The largest absolute Gasteiger partial charge is 0.371 e. The Bertz CT molecular complexity index is 341. The SMILES string of the molecule is C=C(C1CC1)N(C/C=C(/C)CCC=C(C)C)CCC. The minimum absolute atomic E-state index is 0.783. The van der Waals surface area contributed by atoms with E-state index in [2.05, 4.69) is 51.3 Å². The Morgan fingerprint density at radius 1 is 1.21 bits per heavy atom. The lowest BCUT2D eigenvalue weighted by molar-refractivity contribution is 0.361. The van der Waals surface area contributed by atoms with Gasteiger partial charge in [0, 0.05) is 18.8 Å². The second-order valence-corrected chi connectivity index (χ2v) is 6.08. The van der Waals surface area contributed by atoms with E-state index < -0.39 is 0 Å². The molecule has 0 radical (unpaired) electrons. The molecule has 0 heterocycles. The van der Waals surface area contributed by atoms with Gasteiger partial charge in [0.25, 0.3) is 0 Å². The zero-order valence-electron chi connectivity index (χ0n) is 13.3. The Kier molecular flexibility index (Phi) is 6.97. The average molecular weight is 261 g/mol. The van der Waals surface area contributed by atoms with Gasteiger partial charge in [-0.25, -0.2) is 0 Å². The Hall–Kier alpha value is -0.980. The lowest BCUT2D eigenvalue weighted by Crippen LogP contribution is -2.24. The topological polar surface area (TPSA) is 3.24 Å². The number of rotatable bonds is 9. The first-order chi connectivity index (χ1) is 9.04. The van der Waals surface area contributed by atoms with Crippen molar-refractivity contribution in [3.63, 3.8) is 0 Å². The van der Waals surface area contributed by atoms with Gasteiger partial charge in [-0.2, -0.15) is 0 Å². The maximum atomic E-state index is 4.29. The Morgan fingerprint density at radius 2 is 1.89 bits per heavy atom. The molecule has 1 rings (SSSR count). The van der Waals surface area contributed by atoms with Crippen LogP contribution in [0.2, 0.25) is 0 Å². The predicted molar refractivity (Wildman–Crippen MR) is 86.2 cm³/mol. The van der Waals surface area contributed by atoms with Crippen LogP contribution in [0.15, 0.2) is 35.6 Å². The van der Waals surface area contributed by atoms with Gasteiger partial charge in [0.15, 0.2) is 0 Å². The van der Waals surface area contributed by atoms with Crippen molar-refractivity contribution in [1.82, 2.24) is 4.90 Å². The van der Waals surface area contributed by atoms with E-state index in [-0.39, 0.29) is 0 Å². The van der Waals surface area contributed by atoms with Crippen LogP contribution in [0.25, 0.3) is 0 Å². The second kappa shape index (κ2) is 8.24. The van der Waals surface area contributed by atoms with Gasteiger partial charge < -0.3 is 4.90 Å². The Balaban J connectivity index is 2.40. The zero-order valence-corrected chi connectivity index (χ0v) is 13.3. The summed E-state index contributed by atoms with van der Waals surface area (Å²) in [7, 11) is 0. The van der Waals surface area contributed by atoms with Gasteiger partial charge in [-0.15, -0.1) is 0 Å². The van der Waals surface area contributed by atoms with E-state index in [4.69, 9.17) is 0 Å². The third-order valence-corrected chi connectivity index (χ3v) is 3.70. The highest BCUT2D eigenvalue weighted by Gasteiger charge is 2.27. The fourth-order valence-electron chi connectivity index (χ4n) is 2.25. The highest BCUT2D eigenvalue weighted by Crippen LogP contribution is 2.37. The molecule has 1 fully saturated rings. The molecule has 0 aliphatic heterocycles. The van der Waals surface area contributed by atoms with Gasteiger partial charge >= 0.3 is 0 Å². The molecule has 0 saturated heterocycles. The molecule has 0 amide bonds. The fourth-order valence-corrected chi connectivity index (χ4v) is 2.25. The van der Waals surface area contributed by atoms with Crippen LogP contribution >= 0.6 is 0 Å². The van der Waals surface area contributed by atoms with E-state index in [0.29, 0.717) is 0 Å². The van der Waals surface area contributed by atoms with E-state index in [9.17, 15) is 0 Å². The highest BCUT2D eigenvalue weighted by molar-refractivity contribution is 5.10. The summed E-state index contributed by atoms with van der Waals surface area (Å²) in [5.74, 6) is 0.783. The van der Waals surface area contributed by atoms with E-state index >= 15 is 0 Å². The molecule has 0 unspecified atom stereocenters. The van der Waals surface area contributed by atoms with Gasteiger partial charge in [-0.1, -0.05) is 36.8 Å². The normalized spacial score (nSPS) is 15.3. The van der Waals surface area contributed by atoms with Gasteiger partial charge in [-0.3, -0.25) is 0 Å². The van der Waals surface area contributed by atoms with Crippen LogP contribution in [-0.2, 0) is 0 Å². The standard InChI is InChI=1S/C18H31N/c1-6-13-19(17(5)18-10-11-18)14-12-16(4)9-7-8-15(2)3/h8,12,18H,5-7,9-11,13-14H2,1-4H3/b16-12-. The molecular formula is C18H31N. The number of allylic oxidation sites excluding steroid dienone is 4. The quantitative estimate of drug-likeness (QED) is 0.508. The molecule has 1 nitrogen and oxygen atoms in total. The van der Waals surface area contributed by atoms with Crippen molar-refractivity contribution in [2.75, 3.05) is 13.1 Å². The Morgan fingerprint density at radius 3 is 2.42 bits per heavy atom. The molecule has 0 N–H and O–H groups in total. The molecular weight excluding hydrogens is 230 g/mol. The number of nitrogens with zero attached hydrogens (tertiary/aromatic N) is 1. The van der Waals surface area contributed by atoms with Crippen molar-refractivity contribution in [3.05, 3.63) is 35.6 Å². The first-order valence-electron chi connectivity index (χ1n) is 7.77. The summed E-state index contributed by atoms with van der Waals surface area (Å²) in [5, 5.41) is 0. The maximum absolute atomic E-state index is 4.29. The fraction of sp³-hybridized carbons (Fsp3) is 0.667. The summed E-state index contributed by atoms with van der Waals surface area (Å²) >= 11 is 0. The van der Waals surface area contributed by atoms with Crippen molar-refractivity contribution in [2.24, 2.45) is 5.92 Å². The summed E-state index contributed by atoms with van der Waals surface area (Å²) < 4.78 is 0. The van der Waals surface area contributed by atoms with Crippen LogP contribution in [0.5, 0.6) is 0 Å². The van der Waals surface area contributed by atoms with Crippen LogP contribution in [0.1, 0.15) is 59.8 Å². The molecule has 0 spiro atoms. The van der Waals surface area contributed by atoms with Crippen LogP contribution in [0, 0.1) is 5.92 Å². The molecule has 19 heavy (non-hydrogen) atoms. The van der Waals surface area contributed by atoms with Crippen molar-refractivity contribution in [2.45, 2.75) is 59.8 Å². The second-order valence-electron chi connectivity index (χ2n) is 6.08. The van der Waals surface area contributed by atoms with E-state index in [1.807, 2.05) is 0 Å². The monoisotopic (exact) mass is 261 g/mol. The molecule has 1 aliphatic rings. The first kappa shape index (κ1) is 16.1. The maximum Gasteiger partial charge on any atom is 0.0358 e. The van der Waals surface area contributed by atoms with Crippen LogP contribution in [0.4, 0.5) is 0 Å². The molecule has 0 atom stereocenters. The van der Waals surface area contributed by atoms with Gasteiger partial charge in [0.2, 0.25) is 0 Å². The minimum Gasteiger partial charge on any atom is -0.371 e. The van der Waals surface area contributed by atoms with Crippen LogP contribution < -0.4 is 0 Å². The smallest absolute Gasteiger partial charge is 0.0358 e. The van der Waals surface area contributed by atoms with Crippen molar-refractivity contribution < 1.29 is 0 Å². The Labute approximate surface area is 120 Å². The summed E-state index contributed by atoms with van der Waals surface area (Å²) in [4.78, 5) is 2.47. The molecule has 0 bridgehead atoms. The molecule has 0 aromatic rings. The van der Waals surface area contributed by atoms with Gasteiger partial charge in [0.05, 0.1) is 0 Å². The van der Waals surface area contributed by atoms with Crippen LogP contribution in [-0.4, -0.2) is 18.0 Å². The molecule has 0 aromatic carbocycles. The van der Waals surface area contributed by atoms with Gasteiger partial charge in [-0.05, 0) is 58.8 Å². The van der Waals surface area contributed by atoms with Crippen molar-refractivity contribution >= 4 is 0 Å². The van der Waals surface area contributed by atoms with Crippen molar-refractivity contribution in [1.29, 1.82) is 0 Å². The highest BCUT2D eigenvalue weighted by atomic mass is 15.1. The van der Waals surface area contributed by atoms with Crippen molar-refractivity contribution in [3.8, 4) is 0 Å². The van der Waals surface area contributed by atoms with E-state index in [0.717, 1.165) is 19.0 Å². The summed E-state index contributed by atoms with van der Waals surface area (Å²) in [6.45, 7) is 15.3. The molecule has 1 aliphatic carbocycles. The van der Waals surface area contributed by atoms with Gasteiger partial charge in [0.1, 0.15) is 0 Å². The zero-order chi connectivity index (χ0) is 14.3. The summed E-state index contributed by atoms with van der Waals surface area (Å²) in [6, 6.07) is 0. The number of hydrogen-bond donors (Lipinski definition) is 0. The average Bonchev–Trinajstić information content (AvgIpc) is 3.17. The van der Waals surface area contributed by atoms with Crippen LogP contribution in [0.3, 0.4) is 0 Å². The van der Waals surface area contributed by atoms with E-state index in [1.54, 1.807) is 0 Å². The predicted octanol–water partition coefficient (Wildman–Crippen LogP) is 5.31. The number of hydrogen-bond acceptors (Lipinski definition) is 1. The molecule has 1 saturated carbocycles. The summed E-state index contributed by atoms with van der Waals surface area (Å²) in [5.41, 5.74) is 4.29. The third-order valence-electron chi connectivity index (χ3n) is 3.70. The van der Waals surface area contributed by atoms with E-state index in [1.165, 1.54) is 48.9 Å². The third kappa shape index (κ3) is 6.66. The lowest BCUT2D eigenvalue weighted by Gasteiger charge is -2.25. The first-order valence-corrected chi connectivity index (χ1v) is 7.77.